The standard InChI is InChI=1S/C18H16N2O2S/c1-10-19-14-9-13(18(21)23)12-7-8-15(11-5-3-2-4-6-11)22-17(12)16(14)20-10/h2-6,9,15H,7-8H2,1H3,(H,19,20)(H,21,23)/t15-/m0/s1. The Morgan fingerprint density at radius 2 is 2.13 bits per heavy atom. The molecule has 1 aliphatic rings. The third-order valence-electron chi connectivity index (χ3n) is 4.27. The molecule has 0 saturated carbocycles. The Morgan fingerprint density at radius 3 is 2.87 bits per heavy atom. The molecule has 0 radical (unpaired) electrons. The summed E-state index contributed by atoms with van der Waals surface area (Å²) < 4.78 is 6.27. The second kappa shape index (κ2) is 5.42. The predicted molar refractivity (Wildman–Crippen MR) is 92.3 cm³/mol. The van der Waals surface area contributed by atoms with Gasteiger partial charge in [0.25, 0.3) is 0 Å². The van der Waals surface area contributed by atoms with Crippen LogP contribution in [0.25, 0.3) is 11.0 Å². The molecule has 4 nitrogen and oxygen atoms in total. The van der Waals surface area contributed by atoms with E-state index in [4.69, 9.17) is 4.74 Å². The van der Waals surface area contributed by atoms with Crippen molar-refractivity contribution in [3.05, 3.63) is 58.9 Å². The lowest BCUT2D eigenvalue weighted by atomic mass is 9.94. The molecule has 1 aromatic heterocycles. The summed E-state index contributed by atoms with van der Waals surface area (Å²) in [6, 6.07) is 12.0. The minimum absolute atomic E-state index is 0.0193. The van der Waals surface area contributed by atoms with Crippen molar-refractivity contribution in [1.29, 1.82) is 0 Å². The van der Waals surface area contributed by atoms with E-state index in [-0.39, 0.29) is 11.2 Å². The molecule has 0 amide bonds. The zero-order valence-electron chi connectivity index (χ0n) is 12.7. The highest BCUT2D eigenvalue weighted by atomic mass is 32.1. The molecule has 23 heavy (non-hydrogen) atoms. The number of aryl methyl sites for hydroxylation is 1. The maximum absolute atomic E-state index is 11.9. The lowest BCUT2D eigenvalue weighted by Crippen LogP contribution is -2.17. The van der Waals surface area contributed by atoms with Crippen LogP contribution in [0.3, 0.4) is 0 Å². The van der Waals surface area contributed by atoms with Crippen molar-refractivity contribution in [3.63, 3.8) is 0 Å². The van der Waals surface area contributed by atoms with Crippen molar-refractivity contribution >= 4 is 28.8 Å². The Morgan fingerprint density at radius 1 is 1.35 bits per heavy atom. The number of hydrogen-bond acceptors (Lipinski definition) is 3. The van der Waals surface area contributed by atoms with Crippen molar-refractivity contribution in [2.24, 2.45) is 0 Å². The molecule has 3 aromatic rings. The van der Waals surface area contributed by atoms with Crippen LogP contribution < -0.4 is 4.74 Å². The number of imidazole rings is 1. The van der Waals surface area contributed by atoms with Crippen LogP contribution in [0.4, 0.5) is 0 Å². The lowest BCUT2D eigenvalue weighted by Gasteiger charge is -2.27. The van der Waals surface area contributed by atoms with Crippen LogP contribution in [0, 0.1) is 6.92 Å². The summed E-state index contributed by atoms with van der Waals surface area (Å²) in [6.45, 7) is 1.89. The Balaban J connectivity index is 1.87. The van der Waals surface area contributed by atoms with Gasteiger partial charge < -0.3 is 9.72 Å². The molecule has 1 N–H and O–H groups in total. The van der Waals surface area contributed by atoms with Gasteiger partial charge in [-0.1, -0.05) is 30.3 Å². The van der Waals surface area contributed by atoms with Gasteiger partial charge in [-0.05, 0) is 31.4 Å². The van der Waals surface area contributed by atoms with Crippen LogP contribution in [-0.4, -0.2) is 15.1 Å². The van der Waals surface area contributed by atoms with Crippen LogP contribution in [0.15, 0.2) is 36.4 Å². The second-order valence-corrected chi connectivity index (χ2v) is 6.22. The molecule has 4 rings (SSSR count). The number of thiol groups is 1. The van der Waals surface area contributed by atoms with E-state index in [9.17, 15) is 4.79 Å². The number of H-pyrrole nitrogens is 1. The van der Waals surface area contributed by atoms with E-state index in [1.165, 1.54) is 0 Å². The molecular weight excluding hydrogens is 308 g/mol. The highest BCUT2D eigenvalue weighted by Crippen LogP contribution is 2.41. The summed E-state index contributed by atoms with van der Waals surface area (Å²) in [5.74, 6) is 1.51. The van der Waals surface area contributed by atoms with Crippen molar-refractivity contribution in [3.8, 4) is 5.75 Å². The minimum atomic E-state index is -0.239. The van der Waals surface area contributed by atoms with Crippen LogP contribution in [0.1, 0.15) is 39.8 Å². The number of benzene rings is 2. The maximum Gasteiger partial charge on any atom is 0.216 e. The van der Waals surface area contributed by atoms with Gasteiger partial charge in [0.2, 0.25) is 5.12 Å². The Hall–Kier alpha value is -2.27. The first-order chi connectivity index (χ1) is 11.1. The largest absolute Gasteiger partial charge is 0.483 e. The molecular formula is C18H16N2O2S. The molecule has 2 aromatic carbocycles. The fourth-order valence-corrected chi connectivity index (χ4v) is 3.43. The topological polar surface area (TPSA) is 55.0 Å². The third-order valence-corrected chi connectivity index (χ3v) is 4.51. The van der Waals surface area contributed by atoms with Crippen molar-refractivity contribution in [1.82, 2.24) is 9.97 Å². The summed E-state index contributed by atoms with van der Waals surface area (Å²) in [4.78, 5) is 19.6. The first-order valence-corrected chi connectivity index (χ1v) is 8.05. The highest BCUT2D eigenvalue weighted by Gasteiger charge is 2.28. The van der Waals surface area contributed by atoms with E-state index in [2.05, 4.69) is 34.7 Å². The van der Waals surface area contributed by atoms with Crippen LogP contribution in [0.5, 0.6) is 5.75 Å². The SMILES string of the molecule is Cc1nc2c3c(c(C(=O)S)cc2[nH]1)CC[C@@H](c1ccccc1)O3. The molecule has 5 heteroatoms. The van der Waals surface area contributed by atoms with Gasteiger partial charge >= 0.3 is 0 Å². The molecule has 116 valence electrons. The number of aromatic nitrogens is 2. The van der Waals surface area contributed by atoms with E-state index in [0.29, 0.717) is 11.3 Å². The zero-order chi connectivity index (χ0) is 16.0. The normalized spacial score (nSPS) is 16.9. The van der Waals surface area contributed by atoms with Gasteiger partial charge in [-0.15, -0.1) is 12.6 Å². The van der Waals surface area contributed by atoms with E-state index in [1.807, 2.05) is 31.2 Å². The molecule has 0 unspecified atom stereocenters. The first kappa shape index (κ1) is 14.3. The summed E-state index contributed by atoms with van der Waals surface area (Å²) in [7, 11) is 0. The minimum Gasteiger partial charge on any atom is -0.483 e. The fourth-order valence-electron chi connectivity index (χ4n) is 3.23. The second-order valence-electron chi connectivity index (χ2n) is 5.81. The summed E-state index contributed by atoms with van der Waals surface area (Å²) >= 11 is 4.02. The van der Waals surface area contributed by atoms with E-state index < -0.39 is 0 Å². The van der Waals surface area contributed by atoms with Crippen molar-refractivity contribution < 1.29 is 9.53 Å². The van der Waals surface area contributed by atoms with E-state index >= 15 is 0 Å². The van der Waals surface area contributed by atoms with Gasteiger partial charge in [0, 0.05) is 11.1 Å². The number of aromatic amines is 1. The fraction of sp³-hybridized carbons (Fsp3) is 0.222. The van der Waals surface area contributed by atoms with Crippen LogP contribution >= 0.6 is 12.6 Å². The Kier molecular flexibility index (Phi) is 3.38. The van der Waals surface area contributed by atoms with Gasteiger partial charge in [-0.3, -0.25) is 4.79 Å². The van der Waals surface area contributed by atoms with Gasteiger partial charge in [-0.2, -0.15) is 0 Å². The molecule has 2 heterocycles. The summed E-state index contributed by atoms with van der Waals surface area (Å²) in [5.41, 5.74) is 4.26. The molecule has 0 saturated heterocycles. The molecule has 0 bridgehead atoms. The number of carbonyl (C=O) groups is 1. The number of ether oxygens (including phenoxy) is 1. The van der Waals surface area contributed by atoms with Crippen molar-refractivity contribution in [2.75, 3.05) is 0 Å². The molecule has 1 atom stereocenters. The zero-order valence-corrected chi connectivity index (χ0v) is 13.6. The maximum atomic E-state index is 11.9. The summed E-state index contributed by atoms with van der Waals surface area (Å²) in [6.07, 6.45) is 1.59. The average Bonchev–Trinajstić information content (AvgIpc) is 2.95. The smallest absolute Gasteiger partial charge is 0.216 e. The van der Waals surface area contributed by atoms with Gasteiger partial charge in [0.1, 0.15) is 17.4 Å². The Labute approximate surface area is 139 Å². The van der Waals surface area contributed by atoms with Gasteiger partial charge in [0.05, 0.1) is 5.52 Å². The molecule has 0 spiro atoms. The van der Waals surface area contributed by atoms with Crippen LogP contribution in [0.2, 0.25) is 0 Å². The molecule has 0 fully saturated rings. The van der Waals surface area contributed by atoms with Gasteiger partial charge in [0.15, 0.2) is 5.75 Å². The Bertz CT molecular complexity index is 902. The number of carbonyl (C=O) groups excluding carboxylic acids is 1. The number of rotatable bonds is 2. The molecule has 1 aliphatic heterocycles. The quantitative estimate of drug-likeness (QED) is 0.700. The number of nitrogens with zero attached hydrogens (tertiary/aromatic N) is 1. The monoisotopic (exact) mass is 324 g/mol. The number of hydrogen-bond donors (Lipinski definition) is 2. The van der Waals surface area contributed by atoms with Crippen molar-refractivity contribution in [2.45, 2.75) is 25.9 Å². The van der Waals surface area contributed by atoms with E-state index in [1.54, 1.807) is 0 Å². The highest BCUT2D eigenvalue weighted by molar-refractivity contribution is 7.97. The molecule has 0 aliphatic carbocycles. The van der Waals surface area contributed by atoms with E-state index in [0.717, 1.165) is 40.8 Å². The number of nitrogens with one attached hydrogen (secondary N) is 1. The summed E-state index contributed by atoms with van der Waals surface area (Å²) in [5, 5.41) is -0.239. The third kappa shape index (κ3) is 2.41. The first-order valence-electron chi connectivity index (χ1n) is 7.60. The average molecular weight is 324 g/mol. The van der Waals surface area contributed by atoms with Crippen LogP contribution in [-0.2, 0) is 6.42 Å². The van der Waals surface area contributed by atoms with Gasteiger partial charge in [-0.25, -0.2) is 4.98 Å². The lowest BCUT2D eigenvalue weighted by molar-refractivity contribution is 0.108. The number of fused-ring (bicyclic) bond motifs is 3. The predicted octanol–water partition coefficient (Wildman–Crippen LogP) is 4.01.